The van der Waals surface area contributed by atoms with Crippen LogP contribution in [0.4, 0.5) is 0 Å². The molecule has 0 N–H and O–H groups in total. The van der Waals surface area contributed by atoms with Crippen molar-refractivity contribution in [1.29, 1.82) is 0 Å². The van der Waals surface area contributed by atoms with Crippen molar-refractivity contribution in [2.75, 3.05) is 0 Å². The topological polar surface area (TPSA) is 0 Å². The van der Waals surface area contributed by atoms with Crippen molar-refractivity contribution >= 4 is 0 Å². The van der Waals surface area contributed by atoms with E-state index in [9.17, 15) is 0 Å². The quantitative estimate of drug-likeness (QED) is 0.616. The minimum Gasteiger partial charge on any atom is -0.214 e. The summed E-state index contributed by atoms with van der Waals surface area (Å²) < 4.78 is 0. The molecule has 0 heterocycles. The minimum atomic E-state index is 0. The summed E-state index contributed by atoms with van der Waals surface area (Å²) in [6, 6.07) is 10.0. The molecule has 0 aromatic heterocycles. The summed E-state index contributed by atoms with van der Waals surface area (Å²) in [6.07, 6.45) is 0. The molecule has 0 fully saturated rings. The number of rotatable bonds is 0. The third kappa shape index (κ3) is 1.44. The van der Waals surface area contributed by atoms with E-state index in [1.165, 1.54) is 0 Å². The van der Waals surface area contributed by atoms with Gasteiger partial charge in [0, 0.05) is 0 Å². The van der Waals surface area contributed by atoms with Crippen LogP contribution in [0.2, 0.25) is 0 Å². The molecule has 0 nitrogen and oxygen atoms in total. The van der Waals surface area contributed by atoms with Gasteiger partial charge in [0.2, 0.25) is 0 Å². The Hall–Kier alpha value is -0.000649. The van der Waals surface area contributed by atoms with Crippen molar-refractivity contribution in [1.82, 2.24) is 0 Å². The van der Waals surface area contributed by atoms with Crippen LogP contribution in [0.1, 0.15) is 0 Å². The first-order valence-corrected chi connectivity index (χ1v) is 1.67. The van der Waals surface area contributed by atoms with E-state index in [0.29, 0.717) is 0 Å². The second-order valence-electron chi connectivity index (χ2n) is 0.962. The predicted molar refractivity (Wildman–Crippen MR) is 22.0 cm³/mol. The Morgan fingerprint density at radius 2 is 1.50 bits per heavy atom. The molecule has 0 radical (unpaired) electrons. The van der Waals surface area contributed by atoms with Crippen LogP contribution < -0.4 is 0 Å². The predicted octanol–water partition coefficient (Wildman–Crippen LogP) is 1.40. The fourth-order valence-electron chi connectivity index (χ4n) is 0.321. The first-order valence-electron chi connectivity index (χ1n) is 1.67. The van der Waals surface area contributed by atoms with Crippen molar-refractivity contribution in [3.05, 3.63) is 30.3 Å². The zero-order chi connectivity index (χ0) is 3.54. The molecule has 0 aliphatic rings. The van der Waals surface area contributed by atoms with E-state index in [4.69, 9.17) is 0 Å². The van der Waals surface area contributed by atoms with Gasteiger partial charge in [0.15, 0.2) is 0 Å². The van der Waals surface area contributed by atoms with Crippen molar-refractivity contribution in [2.45, 2.75) is 0 Å². The van der Waals surface area contributed by atoms with Gasteiger partial charge < -0.3 is 0 Å². The second kappa shape index (κ2) is 3.20. The van der Waals surface area contributed by atoms with Gasteiger partial charge in [0.05, 0.1) is 0 Å². The van der Waals surface area contributed by atoms with Gasteiger partial charge in [-0.2, -0.15) is 18.2 Å². The zero-order valence-corrected chi connectivity index (χ0v) is 5.62. The molecule has 0 unspecified atom stereocenters. The third-order valence-corrected chi connectivity index (χ3v) is 0.556. The summed E-state index contributed by atoms with van der Waals surface area (Å²) in [7, 11) is 0. The molecule has 1 aromatic carbocycles. The first-order chi connectivity index (χ1) is 2.50. The minimum absolute atomic E-state index is 0. The van der Waals surface area contributed by atoms with Crippen molar-refractivity contribution in [3.8, 4) is 0 Å². The van der Waals surface area contributed by atoms with Crippen LogP contribution in [0, 0.1) is 0 Å². The Kier molecular flexibility index (Phi) is 3.20. The molecular formula is C5H5Ir+2. The normalized spacial score (nSPS) is 6.67. The van der Waals surface area contributed by atoms with E-state index in [0.717, 1.165) is 0 Å². The fourth-order valence-corrected chi connectivity index (χ4v) is 0.321. The Bertz CT molecular complexity index is 60.4. The SMILES string of the molecule is [Ir+3].c1cc[cH-]c1. The molecule has 0 atom stereocenters. The molecule has 32 valence electrons. The summed E-state index contributed by atoms with van der Waals surface area (Å²) in [4.78, 5) is 0. The Morgan fingerprint density at radius 1 is 1.00 bits per heavy atom. The van der Waals surface area contributed by atoms with Crippen LogP contribution >= 0.6 is 0 Å². The Balaban J connectivity index is 0.000000250. The summed E-state index contributed by atoms with van der Waals surface area (Å²) in [6.45, 7) is 0. The van der Waals surface area contributed by atoms with Gasteiger partial charge in [-0.25, -0.2) is 12.1 Å². The van der Waals surface area contributed by atoms with Gasteiger partial charge in [-0.3, -0.25) is 0 Å². The summed E-state index contributed by atoms with van der Waals surface area (Å²) in [5, 5.41) is 0. The Morgan fingerprint density at radius 3 is 1.67 bits per heavy atom. The van der Waals surface area contributed by atoms with Crippen LogP contribution in [0.3, 0.4) is 0 Å². The third-order valence-electron chi connectivity index (χ3n) is 0.556. The van der Waals surface area contributed by atoms with Gasteiger partial charge >= 0.3 is 20.1 Å². The first kappa shape index (κ1) is 6.00. The molecule has 0 saturated carbocycles. The van der Waals surface area contributed by atoms with Crippen LogP contribution in [0.25, 0.3) is 0 Å². The van der Waals surface area contributed by atoms with E-state index in [1.54, 1.807) is 0 Å². The molecular weight excluding hydrogens is 252 g/mol. The van der Waals surface area contributed by atoms with Crippen molar-refractivity contribution in [2.24, 2.45) is 0 Å². The van der Waals surface area contributed by atoms with E-state index < -0.39 is 0 Å². The summed E-state index contributed by atoms with van der Waals surface area (Å²) >= 11 is 0. The summed E-state index contributed by atoms with van der Waals surface area (Å²) in [5.41, 5.74) is 0. The standard InChI is InChI=1S/C5H5.Ir/c1-2-4-5-3-1;/h1-5H;/q-1;+3. The molecule has 6 heavy (non-hydrogen) atoms. The van der Waals surface area contributed by atoms with Gasteiger partial charge in [-0.15, -0.1) is 0 Å². The maximum atomic E-state index is 2.00. The van der Waals surface area contributed by atoms with E-state index >= 15 is 0 Å². The average molecular weight is 257 g/mol. The fraction of sp³-hybridized carbons (Fsp3) is 0. The number of hydrogen-bond donors (Lipinski definition) is 0. The molecule has 0 saturated heterocycles. The van der Waals surface area contributed by atoms with Gasteiger partial charge in [0.1, 0.15) is 0 Å². The maximum absolute atomic E-state index is 2.00. The van der Waals surface area contributed by atoms with Gasteiger partial charge in [-0.05, 0) is 0 Å². The smallest absolute Gasteiger partial charge is 0.214 e. The van der Waals surface area contributed by atoms with Crippen LogP contribution in [0.15, 0.2) is 30.3 Å². The van der Waals surface area contributed by atoms with Crippen LogP contribution in [-0.2, 0) is 20.1 Å². The van der Waals surface area contributed by atoms with Crippen molar-refractivity contribution < 1.29 is 20.1 Å². The van der Waals surface area contributed by atoms with Crippen LogP contribution in [-0.4, -0.2) is 0 Å². The molecule has 0 aliphatic carbocycles. The summed E-state index contributed by atoms with van der Waals surface area (Å²) in [5.74, 6) is 0. The van der Waals surface area contributed by atoms with E-state index in [1.807, 2.05) is 30.3 Å². The van der Waals surface area contributed by atoms with Gasteiger partial charge in [0.25, 0.3) is 0 Å². The molecule has 0 aliphatic heterocycles. The largest absolute Gasteiger partial charge is 3.00 e. The molecule has 0 bridgehead atoms. The van der Waals surface area contributed by atoms with E-state index in [2.05, 4.69) is 0 Å². The average Bonchev–Trinajstić information content (AvgIpc) is 1.76. The van der Waals surface area contributed by atoms with Gasteiger partial charge in [-0.1, -0.05) is 0 Å². The van der Waals surface area contributed by atoms with Crippen LogP contribution in [0.5, 0.6) is 0 Å². The molecule has 1 aromatic rings. The second-order valence-corrected chi connectivity index (χ2v) is 0.962. The maximum Gasteiger partial charge on any atom is 3.00 e. The molecule has 0 spiro atoms. The molecule has 0 amide bonds. The molecule has 1 rings (SSSR count). The van der Waals surface area contributed by atoms with Crippen molar-refractivity contribution in [3.63, 3.8) is 0 Å². The monoisotopic (exact) mass is 258 g/mol. The zero-order valence-electron chi connectivity index (χ0n) is 3.22. The molecule has 1 heteroatoms. The van der Waals surface area contributed by atoms with E-state index in [-0.39, 0.29) is 20.1 Å². The number of hydrogen-bond acceptors (Lipinski definition) is 0. The Labute approximate surface area is 50.9 Å².